The quantitative estimate of drug-likeness (QED) is 0.763. The monoisotopic (exact) mass is 447 g/mol. The van der Waals surface area contributed by atoms with E-state index < -0.39 is 10.0 Å². The maximum absolute atomic E-state index is 12.8. The highest BCUT2D eigenvalue weighted by molar-refractivity contribution is 7.89. The number of carbonyl (C=O) groups excluding carboxylic acids is 2. The minimum Gasteiger partial charge on any atom is -0.325 e. The summed E-state index contributed by atoms with van der Waals surface area (Å²) in [5, 5.41) is 3.31. The van der Waals surface area contributed by atoms with Crippen molar-refractivity contribution in [3.05, 3.63) is 53.1 Å². The topological polar surface area (TPSA) is 86.8 Å². The van der Waals surface area contributed by atoms with Gasteiger partial charge in [-0.15, -0.1) is 0 Å². The highest BCUT2D eigenvalue weighted by Crippen LogP contribution is 2.31. The Kier molecular flexibility index (Phi) is 5.81. The van der Waals surface area contributed by atoms with Crippen LogP contribution in [0.2, 0.25) is 5.02 Å². The van der Waals surface area contributed by atoms with Crippen molar-refractivity contribution in [2.24, 2.45) is 0 Å². The van der Waals surface area contributed by atoms with Crippen LogP contribution in [-0.2, 0) is 26.0 Å². The van der Waals surface area contributed by atoms with E-state index in [-0.39, 0.29) is 29.7 Å². The van der Waals surface area contributed by atoms with Crippen LogP contribution in [0.5, 0.6) is 0 Å². The Labute approximate surface area is 180 Å². The van der Waals surface area contributed by atoms with Gasteiger partial charge in [-0.2, -0.15) is 4.31 Å². The van der Waals surface area contributed by atoms with Gasteiger partial charge < -0.3 is 10.2 Å². The first-order valence-corrected chi connectivity index (χ1v) is 11.7. The Morgan fingerprint density at radius 3 is 2.43 bits per heavy atom. The van der Waals surface area contributed by atoms with Crippen LogP contribution in [0, 0.1) is 0 Å². The van der Waals surface area contributed by atoms with Gasteiger partial charge in [-0.05, 0) is 67.3 Å². The van der Waals surface area contributed by atoms with Gasteiger partial charge in [0, 0.05) is 35.9 Å². The Bertz CT molecular complexity index is 1080. The van der Waals surface area contributed by atoms with Crippen LogP contribution in [0.25, 0.3) is 0 Å². The molecule has 158 valence electrons. The molecule has 0 aliphatic carbocycles. The number of halogens is 1. The van der Waals surface area contributed by atoms with Crippen molar-refractivity contribution < 1.29 is 18.0 Å². The van der Waals surface area contributed by atoms with E-state index >= 15 is 0 Å². The molecule has 30 heavy (non-hydrogen) atoms. The molecule has 2 heterocycles. The molecule has 2 aromatic carbocycles. The first-order chi connectivity index (χ1) is 14.3. The van der Waals surface area contributed by atoms with Crippen molar-refractivity contribution in [3.8, 4) is 0 Å². The summed E-state index contributed by atoms with van der Waals surface area (Å²) in [7, 11) is -3.53. The van der Waals surface area contributed by atoms with Crippen LogP contribution >= 0.6 is 11.6 Å². The lowest BCUT2D eigenvalue weighted by Gasteiger charge is -2.29. The molecule has 4 rings (SSSR count). The minimum absolute atomic E-state index is 0.146. The number of amides is 2. The van der Waals surface area contributed by atoms with Gasteiger partial charge in [-0.25, -0.2) is 8.42 Å². The van der Waals surface area contributed by atoms with Crippen LogP contribution in [0.15, 0.2) is 47.4 Å². The standard InChI is InChI=1S/C21H22ClN3O4S/c22-16-4-6-17(7-5-16)23-20(26)14-25-19-9-8-18(13-15(19)3-10-21(25)27)30(28,29)24-11-1-2-12-24/h4-9,13H,1-3,10-12,14H2,(H,23,26). The largest absolute Gasteiger partial charge is 0.325 e. The fraction of sp³-hybridized carbons (Fsp3) is 0.333. The molecule has 0 saturated carbocycles. The summed E-state index contributed by atoms with van der Waals surface area (Å²) in [5.74, 6) is -0.504. The molecule has 2 aliphatic heterocycles. The van der Waals surface area contributed by atoms with Gasteiger partial charge in [0.25, 0.3) is 0 Å². The van der Waals surface area contributed by atoms with Gasteiger partial charge in [0.05, 0.1) is 4.90 Å². The zero-order valence-electron chi connectivity index (χ0n) is 16.3. The molecule has 2 aromatic rings. The van der Waals surface area contributed by atoms with Gasteiger partial charge in [0.15, 0.2) is 0 Å². The number of aryl methyl sites for hydroxylation is 1. The lowest BCUT2D eigenvalue weighted by molar-refractivity contribution is -0.121. The molecule has 1 saturated heterocycles. The number of fused-ring (bicyclic) bond motifs is 1. The van der Waals surface area contributed by atoms with Crippen molar-refractivity contribution in [3.63, 3.8) is 0 Å². The number of nitrogens with zero attached hydrogens (tertiary/aromatic N) is 2. The molecular weight excluding hydrogens is 426 g/mol. The van der Waals surface area contributed by atoms with E-state index in [2.05, 4.69) is 5.32 Å². The Hall–Kier alpha value is -2.42. The fourth-order valence-corrected chi connectivity index (χ4v) is 5.52. The summed E-state index contributed by atoms with van der Waals surface area (Å²) in [6, 6.07) is 11.5. The van der Waals surface area contributed by atoms with Crippen LogP contribution in [0.1, 0.15) is 24.8 Å². The predicted octanol–water partition coefficient (Wildman–Crippen LogP) is 3.04. The van der Waals surface area contributed by atoms with E-state index in [1.54, 1.807) is 36.4 Å². The molecule has 0 radical (unpaired) electrons. The Balaban J connectivity index is 1.54. The highest BCUT2D eigenvalue weighted by atomic mass is 35.5. The molecule has 1 N–H and O–H groups in total. The van der Waals surface area contributed by atoms with E-state index in [4.69, 9.17) is 11.6 Å². The SMILES string of the molecule is O=C(CN1C(=O)CCc2cc(S(=O)(=O)N3CCCC3)ccc21)Nc1ccc(Cl)cc1. The molecular formula is C21H22ClN3O4S. The van der Waals surface area contributed by atoms with Gasteiger partial charge >= 0.3 is 0 Å². The van der Waals surface area contributed by atoms with E-state index in [9.17, 15) is 18.0 Å². The summed E-state index contributed by atoms with van der Waals surface area (Å²) in [4.78, 5) is 26.6. The third kappa shape index (κ3) is 4.21. The lowest BCUT2D eigenvalue weighted by atomic mass is 10.0. The van der Waals surface area contributed by atoms with Crippen LogP contribution < -0.4 is 10.2 Å². The van der Waals surface area contributed by atoms with E-state index in [1.165, 1.54) is 15.3 Å². The highest BCUT2D eigenvalue weighted by Gasteiger charge is 2.31. The minimum atomic E-state index is -3.53. The van der Waals surface area contributed by atoms with Gasteiger partial charge in [0.1, 0.15) is 6.54 Å². The zero-order chi connectivity index (χ0) is 21.3. The number of carbonyl (C=O) groups is 2. The number of nitrogens with one attached hydrogen (secondary N) is 1. The number of hydrogen-bond donors (Lipinski definition) is 1. The average molecular weight is 448 g/mol. The van der Waals surface area contributed by atoms with E-state index in [0.29, 0.717) is 35.9 Å². The Morgan fingerprint density at radius 1 is 1.03 bits per heavy atom. The maximum atomic E-state index is 12.8. The van der Waals surface area contributed by atoms with Crippen molar-refractivity contribution >= 4 is 44.8 Å². The smallest absolute Gasteiger partial charge is 0.244 e. The number of hydrogen-bond acceptors (Lipinski definition) is 4. The molecule has 2 aliphatic rings. The second-order valence-electron chi connectivity index (χ2n) is 7.44. The molecule has 1 fully saturated rings. The van der Waals surface area contributed by atoms with Gasteiger partial charge in [-0.1, -0.05) is 11.6 Å². The van der Waals surface area contributed by atoms with Crippen molar-refractivity contribution in [2.45, 2.75) is 30.6 Å². The third-order valence-electron chi connectivity index (χ3n) is 5.38. The van der Waals surface area contributed by atoms with Crippen LogP contribution in [-0.4, -0.2) is 44.2 Å². The number of benzene rings is 2. The maximum Gasteiger partial charge on any atom is 0.244 e. The summed E-state index contributed by atoms with van der Waals surface area (Å²) in [6.07, 6.45) is 2.42. The predicted molar refractivity (Wildman–Crippen MR) is 115 cm³/mol. The number of sulfonamides is 1. The summed E-state index contributed by atoms with van der Waals surface area (Å²) >= 11 is 5.85. The lowest BCUT2D eigenvalue weighted by Crippen LogP contribution is -2.41. The molecule has 9 heteroatoms. The summed E-state index contributed by atoms with van der Waals surface area (Å²) in [6.45, 7) is 0.927. The summed E-state index contributed by atoms with van der Waals surface area (Å²) < 4.78 is 27.2. The molecule has 0 bridgehead atoms. The summed E-state index contributed by atoms with van der Waals surface area (Å²) in [5.41, 5.74) is 1.92. The van der Waals surface area contributed by atoms with Crippen LogP contribution in [0.4, 0.5) is 11.4 Å². The third-order valence-corrected chi connectivity index (χ3v) is 7.53. The molecule has 0 aromatic heterocycles. The molecule has 0 atom stereocenters. The normalized spacial score (nSPS) is 17.1. The van der Waals surface area contributed by atoms with Gasteiger partial charge in [-0.3, -0.25) is 9.59 Å². The second kappa shape index (κ2) is 8.37. The first-order valence-electron chi connectivity index (χ1n) is 9.83. The fourth-order valence-electron chi connectivity index (χ4n) is 3.83. The average Bonchev–Trinajstić information content (AvgIpc) is 3.27. The Morgan fingerprint density at radius 2 is 1.73 bits per heavy atom. The van der Waals surface area contributed by atoms with E-state index in [1.807, 2.05) is 0 Å². The number of anilines is 2. The van der Waals surface area contributed by atoms with E-state index in [0.717, 1.165) is 18.4 Å². The zero-order valence-corrected chi connectivity index (χ0v) is 17.9. The number of rotatable bonds is 5. The van der Waals surface area contributed by atoms with Crippen molar-refractivity contribution in [1.29, 1.82) is 0 Å². The molecule has 7 nitrogen and oxygen atoms in total. The van der Waals surface area contributed by atoms with Crippen molar-refractivity contribution in [1.82, 2.24) is 4.31 Å². The van der Waals surface area contributed by atoms with Crippen molar-refractivity contribution in [2.75, 3.05) is 29.9 Å². The van der Waals surface area contributed by atoms with Crippen LogP contribution in [0.3, 0.4) is 0 Å². The first kappa shape index (κ1) is 20.8. The molecule has 2 amide bonds. The molecule has 0 unspecified atom stereocenters. The second-order valence-corrected chi connectivity index (χ2v) is 9.81. The van der Waals surface area contributed by atoms with Gasteiger partial charge in [0.2, 0.25) is 21.8 Å². The molecule has 0 spiro atoms.